The van der Waals surface area contributed by atoms with Crippen molar-refractivity contribution in [1.29, 1.82) is 0 Å². The van der Waals surface area contributed by atoms with E-state index >= 15 is 0 Å². The van der Waals surface area contributed by atoms with Crippen molar-refractivity contribution in [2.24, 2.45) is 11.8 Å². The van der Waals surface area contributed by atoms with Gasteiger partial charge in [0, 0.05) is 21.4 Å². The van der Waals surface area contributed by atoms with Crippen LogP contribution in [-0.2, 0) is 9.59 Å². The van der Waals surface area contributed by atoms with Crippen LogP contribution in [0.3, 0.4) is 0 Å². The third-order valence-electron chi connectivity index (χ3n) is 3.82. The van der Waals surface area contributed by atoms with Gasteiger partial charge in [-0.15, -0.1) is 0 Å². The van der Waals surface area contributed by atoms with Gasteiger partial charge in [0.15, 0.2) is 0 Å². The van der Waals surface area contributed by atoms with Gasteiger partial charge in [0.1, 0.15) is 0 Å². The minimum atomic E-state index is -1.20. The molecule has 2 N–H and O–H groups in total. The SMILES string of the molecule is O=C(NNC(=O)[C@@H]1CCCC[C@@H]1C(=O)[O-])c1ccccc1I. The number of carbonyl (C=O) groups is 3. The summed E-state index contributed by atoms with van der Waals surface area (Å²) in [4.78, 5) is 35.2. The molecular formula is C15H16IN2O4-. The van der Waals surface area contributed by atoms with E-state index in [0.717, 1.165) is 16.4 Å². The zero-order chi connectivity index (χ0) is 16.1. The lowest BCUT2D eigenvalue weighted by Gasteiger charge is -2.31. The molecule has 2 amide bonds. The molecule has 1 saturated carbocycles. The Bertz CT molecular complexity index is 591. The molecule has 1 aliphatic rings. The number of hydrogen-bond acceptors (Lipinski definition) is 4. The smallest absolute Gasteiger partial charge is 0.270 e. The maximum atomic E-state index is 12.1. The number of carboxylic acid groups (broad SMARTS) is 1. The van der Waals surface area contributed by atoms with Crippen LogP contribution in [0.15, 0.2) is 24.3 Å². The number of carboxylic acids is 1. The van der Waals surface area contributed by atoms with E-state index in [1.807, 2.05) is 28.7 Å². The highest BCUT2D eigenvalue weighted by atomic mass is 127. The summed E-state index contributed by atoms with van der Waals surface area (Å²) in [6.45, 7) is 0. The number of amides is 2. The predicted molar refractivity (Wildman–Crippen MR) is 85.2 cm³/mol. The molecule has 0 heterocycles. The van der Waals surface area contributed by atoms with Crippen LogP contribution >= 0.6 is 22.6 Å². The minimum absolute atomic E-state index is 0.431. The molecule has 6 nitrogen and oxygen atoms in total. The molecule has 118 valence electrons. The minimum Gasteiger partial charge on any atom is -0.550 e. The highest BCUT2D eigenvalue weighted by Gasteiger charge is 2.32. The summed E-state index contributed by atoms with van der Waals surface area (Å²) in [7, 11) is 0. The van der Waals surface area contributed by atoms with Crippen LogP contribution in [0.25, 0.3) is 0 Å². The van der Waals surface area contributed by atoms with Gasteiger partial charge < -0.3 is 9.90 Å². The van der Waals surface area contributed by atoms with Gasteiger partial charge >= 0.3 is 0 Å². The average Bonchev–Trinajstić information content (AvgIpc) is 2.52. The summed E-state index contributed by atoms with van der Waals surface area (Å²) >= 11 is 2.03. The van der Waals surface area contributed by atoms with E-state index in [2.05, 4.69) is 10.9 Å². The monoisotopic (exact) mass is 415 g/mol. The van der Waals surface area contributed by atoms with Crippen molar-refractivity contribution in [2.75, 3.05) is 0 Å². The number of hydrazine groups is 1. The van der Waals surface area contributed by atoms with Crippen LogP contribution in [0, 0.1) is 15.4 Å². The molecule has 1 aromatic carbocycles. The van der Waals surface area contributed by atoms with Gasteiger partial charge in [0.05, 0.1) is 5.56 Å². The molecule has 0 spiro atoms. The second-order valence-electron chi connectivity index (χ2n) is 5.24. The first-order valence-electron chi connectivity index (χ1n) is 7.06. The molecule has 22 heavy (non-hydrogen) atoms. The van der Waals surface area contributed by atoms with Gasteiger partial charge in [-0.2, -0.15) is 0 Å². The molecule has 1 fully saturated rings. The van der Waals surface area contributed by atoms with E-state index < -0.39 is 29.6 Å². The second-order valence-corrected chi connectivity index (χ2v) is 6.40. The zero-order valence-electron chi connectivity index (χ0n) is 11.8. The maximum absolute atomic E-state index is 12.1. The number of hydrogen-bond donors (Lipinski definition) is 2. The molecule has 0 aromatic heterocycles. The van der Waals surface area contributed by atoms with E-state index in [-0.39, 0.29) is 0 Å². The van der Waals surface area contributed by atoms with Crippen LogP contribution in [0.2, 0.25) is 0 Å². The second kappa shape index (κ2) is 7.57. The van der Waals surface area contributed by atoms with E-state index in [1.165, 1.54) is 0 Å². The number of benzene rings is 1. The van der Waals surface area contributed by atoms with Crippen molar-refractivity contribution in [3.05, 3.63) is 33.4 Å². The quantitative estimate of drug-likeness (QED) is 0.559. The van der Waals surface area contributed by atoms with Crippen molar-refractivity contribution < 1.29 is 19.5 Å². The lowest BCUT2D eigenvalue weighted by atomic mass is 9.79. The van der Waals surface area contributed by atoms with E-state index in [9.17, 15) is 19.5 Å². The normalized spacial score (nSPS) is 21.0. The largest absolute Gasteiger partial charge is 0.550 e. The van der Waals surface area contributed by atoms with Gasteiger partial charge in [-0.3, -0.25) is 20.4 Å². The Labute approximate surface area is 141 Å². The number of halogens is 1. The molecule has 7 heteroatoms. The first-order chi connectivity index (χ1) is 10.5. The Balaban J connectivity index is 1.96. The average molecular weight is 415 g/mol. The molecule has 1 aliphatic carbocycles. The Morgan fingerprint density at radius 1 is 1.05 bits per heavy atom. The third-order valence-corrected chi connectivity index (χ3v) is 4.76. The fraction of sp³-hybridized carbons (Fsp3) is 0.400. The molecule has 0 aliphatic heterocycles. The van der Waals surface area contributed by atoms with E-state index in [1.54, 1.807) is 18.2 Å². The number of aliphatic carboxylic acids is 1. The number of carbonyl (C=O) groups excluding carboxylic acids is 3. The first-order valence-corrected chi connectivity index (χ1v) is 8.14. The molecule has 0 bridgehead atoms. The lowest BCUT2D eigenvalue weighted by molar-refractivity contribution is -0.314. The lowest BCUT2D eigenvalue weighted by Crippen LogP contribution is -2.49. The van der Waals surface area contributed by atoms with Gasteiger partial charge in [-0.1, -0.05) is 25.0 Å². The number of rotatable bonds is 3. The van der Waals surface area contributed by atoms with Gasteiger partial charge in [-0.25, -0.2) is 0 Å². The Kier molecular flexibility index (Phi) is 5.76. The molecule has 0 unspecified atom stereocenters. The summed E-state index contributed by atoms with van der Waals surface area (Å²) in [5, 5.41) is 11.1. The number of nitrogens with one attached hydrogen (secondary N) is 2. The highest BCUT2D eigenvalue weighted by molar-refractivity contribution is 14.1. The Morgan fingerprint density at radius 3 is 2.32 bits per heavy atom. The molecule has 2 atom stereocenters. The van der Waals surface area contributed by atoms with E-state index in [4.69, 9.17) is 0 Å². The third kappa shape index (κ3) is 3.96. The fourth-order valence-corrected chi connectivity index (χ4v) is 3.28. The van der Waals surface area contributed by atoms with Crippen LogP contribution in [0.5, 0.6) is 0 Å². The topological polar surface area (TPSA) is 98.3 Å². The van der Waals surface area contributed by atoms with Gasteiger partial charge in [0.25, 0.3) is 5.91 Å². The molecule has 2 rings (SSSR count). The summed E-state index contributed by atoms with van der Waals surface area (Å²) in [5.74, 6) is -3.56. The Morgan fingerprint density at radius 2 is 1.68 bits per heavy atom. The molecular weight excluding hydrogens is 399 g/mol. The van der Waals surface area contributed by atoms with Crippen molar-refractivity contribution in [3.8, 4) is 0 Å². The fourth-order valence-electron chi connectivity index (χ4n) is 2.65. The molecule has 0 radical (unpaired) electrons. The first kappa shape index (κ1) is 16.7. The highest BCUT2D eigenvalue weighted by Crippen LogP contribution is 2.29. The van der Waals surface area contributed by atoms with Crippen LogP contribution in [0.1, 0.15) is 36.0 Å². The predicted octanol–water partition coefficient (Wildman–Crippen LogP) is 0.608. The van der Waals surface area contributed by atoms with Crippen LogP contribution in [0.4, 0.5) is 0 Å². The summed E-state index contributed by atoms with van der Waals surface area (Å²) in [6, 6.07) is 6.97. The molecule has 1 aromatic rings. The van der Waals surface area contributed by atoms with Crippen LogP contribution < -0.4 is 16.0 Å². The standard InChI is InChI=1S/C15H17IN2O4/c16-12-8-4-3-7-11(12)14(20)18-17-13(19)9-5-1-2-6-10(9)15(21)22/h3-4,7-10H,1-2,5-6H2,(H,17,19)(H,18,20)(H,21,22)/p-1/t9-,10+/m1/s1. The van der Waals surface area contributed by atoms with E-state index in [0.29, 0.717) is 18.4 Å². The zero-order valence-corrected chi connectivity index (χ0v) is 14.0. The van der Waals surface area contributed by atoms with Gasteiger partial charge in [-0.05, 0) is 47.6 Å². The maximum Gasteiger partial charge on any atom is 0.270 e. The van der Waals surface area contributed by atoms with Crippen molar-refractivity contribution in [3.63, 3.8) is 0 Å². The van der Waals surface area contributed by atoms with Crippen molar-refractivity contribution >= 4 is 40.4 Å². The molecule has 0 saturated heterocycles. The summed E-state index contributed by atoms with van der Waals surface area (Å²) in [5.41, 5.74) is 5.12. The summed E-state index contributed by atoms with van der Waals surface area (Å²) < 4.78 is 0.761. The Hall–Kier alpha value is -1.64. The van der Waals surface area contributed by atoms with Crippen molar-refractivity contribution in [1.82, 2.24) is 10.9 Å². The summed E-state index contributed by atoms with van der Waals surface area (Å²) in [6.07, 6.45) is 2.50. The van der Waals surface area contributed by atoms with Gasteiger partial charge in [0.2, 0.25) is 5.91 Å². The van der Waals surface area contributed by atoms with Crippen molar-refractivity contribution in [2.45, 2.75) is 25.7 Å². The van der Waals surface area contributed by atoms with Crippen LogP contribution in [-0.4, -0.2) is 17.8 Å².